The van der Waals surface area contributed by atoms with Gasteiger partial charge in [-0.1, -0.05) is 6.92 Å². The fourth-order valence-corrected chi connectivity index (χ4v) is 1.97. The Labute approximate surface area is 112 Å². The molecule has 0 fully saturated rings. The molecule has 100 valence electrons. The molecular weight excluding hydrogens is 270 g/mol. The van der Waals surface area contributed by atoms with Crippen LogP contribution in [0.4, 0.5) is 11.6 Å². The van der Waals surface area contributed by atoms with Crippen LogP contribution in [0.25, 0.3) is 0 Å². The van der Waals surface area contributed by atoms with E-state index >= 15 is 0 Å². The molecule has 0 atom stereocenters. The van der Waals surface area contributed by atoms with E-state index in [4.69, 9.17) is 4.42 Å². The Kier molecular flexibility index (Phi) is 4.29. The zero-order valence-corrected chi connectivity index (χ0v) is 10.9. The van der Waals surface area contributed by atoms with Crippen LogP contribution in [0, 0.1) is 10.1 Å². The first kappa shape index (κ1) is 13.3. The molecule has 2 aromatic rings. The molecule has 9 heteroatoms. The predicted molar refractivity (Wildman–Crippen MR) is 68.1 cm³/mol. The monoisotopic (exact) mass is 281 g/mol. The summed E-state index contributed by atoms with van der Waals surface area (Å²) in [7, 11) is 0. The molecule has 0 saturated heterocycles. The molecule has 8 nitrogen and oxygen atoms in total. The summed E-state index contributed by atoms with van der Waals surface area (Å²) in [6.07, 6.45) is 4.94. The summed E-state index contributed by atoms with van der Waals surface area (Å²) in [5.41, 5.74) is -0.176. The smallest absolute Gasteiger partial charge is 0.320 e. The van der Waals surface area contributed by atoms with Crippen LogP contribution in [0.1, 0.15) is 13.3 Å². The van der Waals surface area contributed by atoms with Crippen molar-refractivity contribution < 1.29 is 9.34 Å². The van der Waals surface area contributed by atoms with Crippen molar-refractivity contribution in [1.82, 2.24) is 15.0 Å². The minimum atomic E-state index is -0.533. The third kappa shape index (κ3) is 3.41. The molecule has 0 aromatic carbocycles. The average molecular weight is 281 g/mol. The molecule has 0 amide bonds. The van der Waals surface area contributed by atoms with Crippen molar-refractivity contribution in [2.24, 2.45) is 0 Å². The van der Waals surface area contributed by atoms with E-state index in [-0.39, 0.29) is 10.7 Å². The van der Waals surface area contributed by atoms with Gasteiger partial charge in [-0.3, -0.25) is 10.1 Å². The van der Waals surface area contributed by atoms with Gasteiger partial charge in [-0.05, 0) is 18.2 Å². The van der Waals surface area contributed by atoms with E-state index in [0.29, 0.717) is 17.7 Å². The van der Waals surface area contributed by atoms with E-state index in [1.165, 1.54) is 18.7 Å². The van der Waals surface area contributed by atoms with Crippen molar-refractivity contribution in [3.63, 3.8) is 0 Å². The highest BCUT2D eigenvalue weighted by Crippen LogP contribution is 2.32. The highest BCUT2D eigenvalue weighted by Gasteiger charge is 2.20. The number of aromatic nitrogens is 3. The first-order valence-electron chi connectivity index (χ1n) is 5.53. The summed E-state index contributed by atoms with van der Waals surface area (Å²) in [5.74, 6) is 0.349. The lowest BCUT2D eigenvalue weighted by Crippen LogP contribution is -2.06. The van der Waals surface area contributed by atoms with Crippen molar-refractivity contribution in [2.45, 2.75) is 23.6 Å². The molecule has 0 radical (unpaired) electrons. The topological polar surface area (TPSA) is 107 Å². The standard InChI is InChI=1S/C10H11N5O3S/c1-2-3-11-9-13-6-7(15(16)17)8(14-9)19-10-12-4-5-18-10/h4-6H,2-3H2,1H3,(H,11,13,14). The second-order valence-corrected chi connectivity index (χ2v) is 4.41. The Hall–Kier alpha value is -2.16. The van der Waals surface area contributed by atoms with Crippen LogP contribution in [0.2, 0.25) is 0 Å². The maximum Gasteiger partial charge on any atom is 0.320 e. The van der Waals surface area contributed by atoms with Crippen LogP contribution in [0.15, 0.2) is 33.3 Å². The lowest BCUT2D eigenvalue weighted by Gasteiger charge is -2.04. The second-order valence-electron chi connectivity index (χ2n) is 3.47. The number of anilines is 1. The van der Waals surface area contributed by atoms with Crippen molar-refractivity contribution in [3.8, 4) is 0 Å². The van der Waals surface area contributed by atoms with Gasteiger partial charge in [0.2, 0.25) is 5.95 Å². The lowest BCUT2D eigenvalue weighted by molar-refractivity contribution is -0.388. The number of oxazole rings is 1. The van der Waals surface area contributed by atoms with Gasteiger partial charge in [0.15, 0.2) is 5.03 Å². The largest absolute Gasteiger partial charge is 0.440 e. The first-order valence-corrected chi connectivity index (χ1v) is 6.35. The third-order valence-corrected chi connectivity index (χ3v) is 2.93. The van der Waals surface area contributed by atoms with Crippen LogP contribution in [-0.4, -0.2) is 26.4 Å². The van der Waals surface area contributed by atoms with Gasteiger partial charge < -0.3 is 9.73 Å². The van der Waals surface area contributed by atoms with Gasteiger partial charge in [0, 0.05) is 6.54 Å². The van der Waals surface area contributed by atoms with Crippen LogP contribution in [0.5, 0.6) is 0 Å². The molecule has 0 unspecified atom stereocenters. The Morgan fingerprint density at radius 2 is 2.37 bits per heavy atom. The minimum absolute atomic E-state index is 0.176. The highest BCUT2D eigenvalue weighted by atomic mass is 32.2. The number of hydrogen-bond acceptors (Lipinski definition) is 8. The molecule has 2 aromatic heterocycles. The molecule has 0 aliphatic rings. The van der Waals surface area contributed by atoms with Crippen molar-refractivity contribution in [1.29, 1.82) is 0 Å². The molecule has 0 bridgehead atoms. The maximum atomic E-state index is 10.9. The van der Waals surface area contributed by atoms with Crippen LogP contribution in [-0.2, 0) is 0 Å². The fourth-order valence-electron chi connectivity index (χ4n) is 1.23. The minimum Gasteiger partial charge on any atom is -0.440 e. The third-order valence-electron chi connectivity index (χ3n) is 2.06. The summed E-state index contributed by atoms with van der Waals surface area (Å²) in [5, 5.41) is 14.4. The van der Waals surface area contributed by atoms with Crippen molar-refractivity contribution in [2.75, 3.05) is 11.9 Å². The number of nitro groups is 1. The number of hydrogen-bond donors (Lipinski definition) is 1. The van der Waals surface area contributed by atoms with Crippen LogP contribution in [0.3, 0.4) is 0 Å². The van der Waals surface area contributed by atoms with Crippen molar-refractivity contribution >= 4 is 23.4 Å². The van der Waals surface area contributed by atoms with Crippen LogP contribution < -0.4 is 5.32 Å². The summed E-state index contributed by atoms with van der Waals surface area (Å²) >= 11 is 0.986. The second kappa shape index (κ2) is 6.14. The SMILES string of the molecule is CCCNc1ncc([N+](=O)[O-])c(Sc2ncco2)n1. The summed E-state index contributed by atoms with van der Waals surface area (Å²) in [4.78, 5) is 22.3. The molecular formula is C10H11N5O3S. The summed E-state index contributed by atoms with van der Waals surface area (Å²) in [6.45, 7) is 2.70. The predicted octanol–water partition coefficient (Wildman–Crippen LogP) is 2.35. The van der Waals surface area contributed by atoms with E-state index in [1.807, 2.05) is 6.92 Å². The molecule has 0 aliphatic heterocycles. The highest BCUT2D eigenvalue weighted by molar-refractivity contribution is 7.99. The molecule has 2 rings (SSSR count). The van der Waals surface area contributed by atoms with E-state index in [9.17, 15) is 10.1 Å². The number of rotatable bonds is 6. The van der Waals surface area contributed by atoms with E-state index in [1.54, 1.807) is 0 Å². The van der Waals surface area contributed by atoms with E-state index in [2.05, 4.69) is 20.3 Å². The van der Waals surface area contributed by atoms with Gasteiger partial charge >= 0.3 is 5.69 Å². The normalized spacial score (nSPS) is 10.4. The fraction of sp³-hybridized carbons (Fsp3) is 0.300. The molecule has 2 heterocycles. The van der Waals surface area contributed by atoms with E-state index in [0.717, 1.165) is 18.2 Å². The van der Waals surface area contributed by atoms with Gasteiger partial charge in [0.1, 0.15) is 12.5 Å². The molecule has 0 aliphatic carbocycles. The maximum absolute atomic E-state index is 10.9. The Balaban J connectivity index is 2.27. The summed E-state index contributed by atoms with van der Waals surface area (Å²) in [6, 6.07) is 0. The first-order chi connectivity index (χ1) is 9.20. The lowest BCUT2D eigenvalue weighted by atomic mass is 10.5. The zero-order chi connectivity index (χ0) is 13.7. The number of nitrogens with zero attached hydrogens (tertiary/aromatic N) is 4. The van der Waals surface area contributed by atoms with Gasteiger partial charge in [-0.15, -0.1) is 0 Å². The average Bonchev–Trinajstić information content (AvgIpc) is 2.89. The molecule has 0 spiro atoms. The van der Waals surface area contributed by atoms with E-state index < -0.39 is 4.92 Å². The quantitative estimate of drug-likeness (QED) is 0.488. The Bertz CT molecular complexity index is 560. The van der Waals surface area contributed by atoms with Gasteiger partial charge in [0.25, 0.3) is 5.22 Å². The van der Waals surface area contributed by atoms with Gasteiger partial charge in [-0.25, -0.2) is 9.97 Å². The molecule has 1 N–H and O–H groups in total. The van der Waals surface area contributed by atoms with Crippen LogP contribution >= 0.6 is 11.8 Å². The van der Waals surface area contributed by atoms with Gasteiger partial charge in [-0.2, -0.15) is 4.98 Å². The molecule has 0 saturated carbocycles. The van der Waals surface area contributed by atoms with Gasteiger partial charge in [0.05, 0.1) is 11.1 Å². The Morgan fingerprint density at radius 3 is 3.00 bits per heavy atom. The Morgan fingerprint density at radius 1 is 1.53 bits per heavy atom. The van der Waals surface area contributed by atoms with Crippen molar-refractivity contribution in [3.05, 3.63) is 28.8 Å². The molecule has 19 heavy (non-hydrogen) atoms. The summed E-state index contributed by atoms with van der Waals surface area (Å²) < 4.78 is 5.04. The number of nitrogens with one attached hydrogen (secondary N) is 1. The zero-order valence-electron chi connectivity index (χ0n) is 10.1.